The van der Waals surface area contributed by atoms with Gasteiger partial charge in [0, 0.05) is 5.56 Å². The summed E-state index contributed by atoms with van der Waals surface area (Å²) in [5.74, 6) is 5.52. The molecule has 2 aromatic rings. The summed E-state index contributed by atoms with van der Waals surface area (Å²) in [6.45, 7) is 19.0. The number of hydrogen-bond donors (Lipinski definition) is 0. The topological polar surface area (TPSA) is 27.7 Å². The normalized spacial score (nSPS) is 18.2. The van der Waals surface area contributed by atoms with E-state index in [-0.39, 0.29) is 5.60 Å². The predicted octanol–water partition coefficient (Wildman–Crippen LogP) is 10.7. The fourth-order valence-corrected chi connectivity index (χ4v) is 6.35. The second-order valence-corrected chi connectivity index (χ2v) is 13.6. The van der Waals surface area contributed by atoms with Crippen LogP contribution < -0.4 is 14.2 Å². The Kier molecular flexibility index (Phi) is 12.3. The molecule has 224 valence electrons. The van der Waals surface area contributed by atoms with Gasteiger partial charge in [-0.2, -0.15) is 0 Å². The van der Waals surface area contributed by atoms with Crippen LogP contribution in [0.5, 0.6) is 17.2 Å². The zero-order valence-electron chi connectivity index (χ0n) is 27.3. The average molecular weight is 551 g/mol. The molecule has 0 spiro atoms. The van der Waals surface area contributed by atoms with Gasteiger partial charge in [0.2, 0.25) is 0 Å². The first-order valence-corrected chi connectivity index (χ1v) is 16.1. The lowest BCUT2D eigenvalue weighted by Gasteiger charge is -2.38. The van der Waals surface area contributed by atoms with Crippen LogP contribution in [0.1, 0.15) is 127 Å². The molecule has 1 aliphatic rings. The van der Waals surface area contributed by atoms with Crippen LogP contribution in [0.4, 0.5) is 0 Å². The number of fused-ring (bicyclic) bond motifs is 1. The van der Waals surface area contributed by atoms with Crippen molar-refractivity contribution in [3.63, 3.8) is 0 Å². The van der Waals surface area contributed by atoms with Gasteiger partial charge in [0.1, 0.15) is 29.5 Å². The fraction of sp³-hybridized carbons (Fsp3) is 0.676. The highest BCUT2D eigenvalue weighted by Gasteiger charge is 2.34. The summed E-state index contributed by atoms with van der Waals surface area (Å²) in [6.07, 6.45) is 14.1. The number of hydrogen-bond acceptors (Lipinski definition) is 3. The van der Waals surface area contributed by atoms with Gasteiger partial charge >= 0.3 is 0 Å². The van der Waals surface area contributed by atoms with Crippen molar-refractivity contribution in [3.8, 4) is 17.2 Å². The molecule has 3 nitrogen and oxygen atoms in total. The van der Waals surface area contributed by atoms with Crippen LogP contribution in [0.3, 0.4) is 0 Å². The van der Waals surface area contributed by atoms with Gasteiger partial charge in [-0.15, -0.1) is 0 Å². The zero-order valence-corrected chi connectivity index (χ0v) is 27.3. The molecule has 1 aliphatic heterocycles. The predicted molar refractivity (Wildman–Crippen MR) is 170 cm³/mol. The Morgan fingerprint density at radius 3 is 2.00 bits per heavy atom. The van der Waals surface area contributed by atoms with Gasteiger partial charge in [0.05, 0.1) is 7.11 Å². The molecule has 3 rings (SSSR count). The second-order valence-electron chi connectivity index (χ2n) is 13.6. The van der Waals surface area contributed by atoms with Gasteiger partial charge in [-0.25, -0.2) is 0 Å². The third kappa shape index (κ3) is 9.18. The molecule has 40 heavy (non-hydrogen) atoms. The molecule has 0 aliphatic carbocycles. The van der Waals surface area contributed by atoms with Crippen molar-refractivity contribution in [2.75, 3.05) is 7.11 Å². The van der Waals surface area contributed by atoms with Crippen LogP contribution in [-0.4, -0.2) is 12.7 Å². The summed E-state index contributed by atoms with van der Waals surface area (Å²) in [4.78, 5) is 0. The smallest absolute Gasteiger partial charge is 0.127 e. The molecule has 0 saturated heterocycles. The maximum Gasteiger partial charge on any atom is 0.127 e. The Bertz CT molecular complexity index is 1050. The van der Waals surface area contributed by atoms with Crippen LogP contribution in [0.25, 0.3) is 0 Å². The highest BCUT2D eigenvalue weighted by molar-refractivity contribution is 5.59. The highest BCUT2D eigenvalue weighted by Crippen LogP contribution is 2.45. The van der Waals surface area contributed by atoms with Crippen LogP contribution in [-0.2, 0) is 13.0 Å². The standard InChI is InChI=1S/C37H58O3/c1-26(2)13-10-14-27(3)15-11-16-28(4)17-12-23-37(8)24-22-34-31(7)35(29(5)30(6)36(34)40-37)39-25-32-18-20-33(38-9)21-19-32/h18-21,26-28H,10-17,22-25H2,1-9H3/t27-,28-,37-/m1/s1. The van der Waals surface area contributed by atoms with E-state index in [4.69, 9.17) is 14.2 Å². The average Bonchev–Trinajstić information content (AvgIpc) is 2.91. The first kappa shape index (κ1) is 32.4. The Labute approximate surface area is 246 Å². The van der Waals surface area contributed by atoms with E-state index in [9.17, 15) is 0 Å². The number of rotatable bonds is 16. The van der Waals surface area contributed by atoms with Crippen LogP contribution in [0.2, 0.25) is 0 Å². The van der Waals surface area contributed by atoms with Gasteiger partial charge < -0.3 is 14.2 Å². The van der Waals surface area contributed by atoms with Crippen molar-refractivity contribution in [3.05, 3.63) is 52.1 Å². The van der Waals surface area contributed by atoms with Crippen LogP contribution in [0.15, 0.2) is 24.3 Å². The number of benzene rings is 2. The van der Waals surface area contributed by atoms with E-state index in [1.807, 2.05) is 12.1 Å². The largest absolute Gasteiger partial charge is 0.497 e. The number of methoxy groups -OCH3 is 1. The Hall–Kier alpha value is -2.16. The van der Waals surface area contributed by atoms with Crippen LogP contribution >= 0.6 is 0 Å². The molecule has 1 heterocycles. The second kappa shape index (κ2) is 15.2. The van der Waals surface area contributed by atoms with Crippen molar-refractivity contribution in [2.24, 2.45) is 17.8 Å². The fourth-order valence-electron chi connectivity index (χ4n) is 6.35. The molecular weight excluding hydrogens is 492 g/mol. The van der Waals surface area contributed by atoms with E-state index < -0.39 is 0 Å². The first-order chi connectivity index (χ1) is 19.0. The van der Waals surface area contributed by atoms with Gasteiger partial charge in [-0.05, 0) is 106 Å². The Balaban J connectivity index is 1.49. The van der Waals surface area contributed by atoms with Crippen molar-refractivity contribution in [1.82, 2.24) is 0 Å². The van der Waals surface area contributed by atoms with Gasteiger partial charge in [-0.1, -0.05) is 84.8 Å². The molecule has 0 N–H and O–H groups in total. The summed E-state index contributed by atoms with van der Waals surface area (Å²) in [7, 11) is 1.69. The monoisotopic (exact) mass is 550 g/mol. The zero-order chi connectivity index (χ0) is 29.3. The van der Waals surface area contributed by atoms with Gasteiger partial charge in [0.25, 0.3) is 0 Å². The summed E-state index contributed by atoms with van der Waals surface area (Å²) in [5.41, 5.74) is 6.06. The van der Waals surface area contributed by atoms with E-state index in [0.29, 0.717) is 6.61 Å². The molecule has 0 unspecified atom stereocenters. The molecule has 3 atom stereocenters. The summed E-state index contributed by atoms with van der Waals surface area (Å²) >= 11 is 0. The molecule has 0 radical (unpaired) electrons. The minimum atomic E-state index is -0.0766. The SMILES string of the molecule is COc1ccc(COc2c(C)c(C)c3c(c2C)CC[C@@](C)(CCC[C@H](C)CCC[C@H](C)CCCC(C)C)O3)cc1. The Morgan fingerprint density at radius 1 is 0.800 bits per heavy atom. The van der Waals surface area contributed by atoms with E-state index in [1.165, 1.54) is 73.6 Å². The van der Waals surface area contributed by atoms with Gasteiger partial charge in [-0.3, -0.25) is 0 Å². The van der Waals surface area contributed by atoms with E-state index in [0.717, 1.165) is 59.8 Å². The minimum Gasteiger partial charge on any atom is -0.497 e. The van der Waals surface area contributed by atoms with Crippen molar-refractivity contribution in [2.45, 2.75) is 138 Å². The molecule has 2 aromatic carbocycles. The lowest BCUT2D eigenvalue weighted by molar-refractivity contribution is 0.0511. The van der Waals surface area contributed by atoms with Crippen molar-refractivity contribution >= 4 is 0 Å². The Morgan fingerprint density at radius 2 is 1.40 bits per heavy atom. The van der Waals surface area contributed by atoms with E-state index >= 15 is 0 Å². The summed E-state index contributed by atoms with van der Waals surface area (Å²) < 4.78 is 18.5. The molecular formula is C37H58O3. The van der Waals surface area contributed by atoms with Gasteiger partial charge in [0.15, 0.2) is 0 Å². The van der Waals surface area contributed by atoms with Crippen molar-refractivity contribution in [1.29, 1.82) is 0 Å². The highest BCUT2D eigenvalue weighted by atomic mass is 16.5. The minimum absolute atomic E-state index is 0.0766. The molecule has 0 saturated carbocycles. The van der Waals surface area contributed by atoms with E-state index in [1.54, 1.807) is 7.11 Å². The molecule has 0 amide bonds. The molecule has 3 heteroatoms. The first-order valence-electron chi connectivity index (χ1n) is 16.1. The lowest BCUT2D eigenvalue weighted by atomic mass is 9.83. The third-order valence-corrected chi connectivity index (χ3v) is 9.38. The summed E-state index contributed by atoms with van der Waals surface area (Å²) in [5, 5.41) is 0. The van der Waals surface area contributed by atoms with E-state index in [2.05, 4.69) is 67.5 Å². The maximum atomic E-state index is 6.83. The molecule has 0 fully saturated rings. The maximum absolute atomic E-state index is 6.83. The third-order valence-electron chi connectivity index (χ3n) is 9.38. The lowest BCUT2D eigenvalue weighted by Crippen LogP contribution is -2.37. The summed E-state index contributed by atoms with van der Waals surface area (Å²) in [6, 6.07) is 8.12. The molecule has 0 aromatic heterocycles. The van der Waals surface area contributed by atoms with Crippen LogP contribution in [0, 0.1) is 38.5 Å². The van der Waals surface area contributed by atoms with Crippen molar-refractivity contribution < 1.29 is 14.2 Å². The quantitative estimate of drug-likeness (QED) is 0.208. The molecule has 0 bridgehead atoms. The number of ether oxygens (including phenoxy) is 3.